The minimum absolute atomic E-state index is 0.250. The van der Waals surface area contributed by atoms with Gasteiger partial charge in [0.25, 0.3) is 0 Å². The molecule has 2 rings (SSSR count). The highest BCUT2D eigenvalue weighted by atomic mass is 79.9. The van der Waals surface area contributed by atoms with Gasteiger partial charge in [-0.25, -0.2) is 0 Å². The van der Waals surface area contributed by atoms with Crippen LogP contribution in [0.4, 0.5) is 0 Å². The van der Waals surface area contributed by atoms with Crippen LogP contribution in [0.5, 0.6) is 5.75 Å². The molecule has 0 radical (unpaired) electrons. The lowest BCUT2D eigenvalue weighted by Crippen LogP contribution is -3.16. The lowest BCUT2D eigenvalue weighted by atomic mass is 10.2. The van der Waals surface area contributed by atoms with Crippen molar-refractivity contribution in [1.29, 1.82) is 0 Å². The monoisotopic (exact) mass is 388 g/mol. The average molecular weight is 389 g/mol. The van der Waals surface area contributed by atoms with Crippen LogP contribution in [0.2, 0.25) is 0 Å². The average Bonchev–Trinajstić information content (AvgIpc) is 2.47. The number of morpholine rings is 1. The Bertz CT molecular complexity index is 464. The second-order valence-corrected chi connectivity index (χ2v) is 6.98. The molecule has 0 aromatic heterocycles. The van der Waals surface area contributed by atoms with E-state index in [2.05, 4.69) is 29.8 Å². The van der Waals surface area contributed by atoms with Gasteiger partial charge < -0.3 is 24.2 Å². The maximum absolute atomic E-state index is 10.1. The molecule has 5 nitrogen and oxygen atoms in total. The third-order valence-corrected chi connectivity index (χ3v) is 4.43. The third-order valence-electron chi connectivity index (χ3n) is 3.77. The van der Waals surface area contributed by atoms with Gasteiger partial charge in [-0.3, -0.25) is 0 Å². The molecular formula is C17H27BrNO4+. The molecule has 23 heavy (non-hydrogen) atoms. The van der Waals surface area contributed by atoms with Crippen LogP contribution in [0.3, 0.4) is 0 Å². The number of halogens is 1. The third kappa shape index (κ3) is 6.77. The fraction of sp³-hybridized carbons (Fsp3) is 0.647. The Balaban J connectivity index is 1.58. The molecule has 0 aliphatic carbocycles. The molecule has 4 atom stereocenters. The molecule has 1 aromatic carbocycles. The Morgan fingerprint density at radius 1 is 1.26 bits per heavy atom. The van der Waals surface area contributed by atoms with Gasteiger partial charge in [-0.1, -0.05) is 12.1 Å². The summed E-state index contributed by atoms with van der Waals surface area (Å²) < 4.78 is 17.8. The van der Waals surface area contributed by atoms with E-state index in [9.17, 15) is 5.11 Å². The summed E-state index contributed by atoms with van der Waals surface area (Å²) >= 11 is 3.43. The number of nitrogens with one attached hydrogen (secondary N) is 1. The van der Waals surface area contributed by atoms with Gasteiger partial charge in [-0.2, -0.15) is 0 Å². The van der Waals surface area contributed by atoms with Crippen LogP contribution in [-0.4, -0.2) is 62.9 Å². The zero-order chi connectivity index (χ0) is 16.7. The van der Waals surface area contributed by atoms with E-state index in [-0.39, 0.29) is 12.2 Å². The van der Waals surface area contributed by atoms with Crippen molar-refractivity contribution >= 4 is 15.9 Å². The summed E-state index contributed by atoms with van der Waals surface area (Å²) in [6.07, 6.45) is 0.0464. The molecule has 0 spiro atoms. The number of aliphatic hydroxyl groups is 1. The van der Waals surface area contributed by atoms with Crippen molar-refractivity contribution in [3.63, 3.8) is 0 Å². The summed E-state index contributed by atoms with van der Waals surface area (Å²) in [5.74, 6) is 0.803. The quantitative estimate of drug-likeness (QED) is 0.649. The Morgan fingerprint density at radius 2 is 1.96 bits per heavy atom. The molecule has 6 heteroatoms. The number of quaternary nitrogens is 1. The molecule has 2 N–H and O–H groups in total. The van der Waals surface area contributed by atoms with Crippen molar-refractivity contribution in [2.24, 2.45) is 0 Å². The zero-order valence-corrected chi connectivity index (χ0v) is 15.4. The first-order valence-corrected chi connectivity index (χ1v) is 8.96. The first-order chi connectivity index (χ1) is 11.0. The summed E-state index contributed by atoms with van der Waals surface area (Å²) in [7, 11) is 0. The number of para-hydroxylation sites is 1. The van der Waals surface area contributed by atoms with Gasteiger partial charge in [0, 0.05) is 0 Å². The summed E-state index contributed by atoms with van der Waals surface area (Å²) in [5, 5.41) is 10.1. The minimum Gasteiger partial charge on any atom is -0.490 e. The minimum atomic E-state index is -0.453. The number of ether oxygens (including phenoxy) is 3. The number of rotatable bonds is 8. The predicted molar refractivity (Wildman–Crippen MR) is 92.0 cm³/mol. The molecular weight excluding hydrogens is 362 g/mol. The van der Waals surface area contributed by atoms with Crippen LogP contribution in [0, 0.1) is 0 Å². The van der Waals surface area contributed by atoms with E-state index in [0.717, 1.165) is 23.3 Å². The Hall–Kier alpha value is -0.660. The SMILES string of the molecule is C[C@@H]1C[NH+](C[C@H](O)COCCOc2ccccc2Br)C[C@H](C)O1. The highest BCUT2D eigenvalue weighted by molar-refractivity contribution is 9.10. The smallest absolute Gasteiger partial charge is 0.133 e. The second-order valence-electron chi connectivity index (χ2n) is 6.13. The van der Waals surface area contributed by atoms with Gasteiger partial charge in [-0.15, -0.1) is 0 Å². The lowest BCUT2D eigenvalue weighted by molar-refractivity contribution is -0.918. The molecule has 1 aromatic rings. The van der Waals surface area contributed by atoms with E-state index in [0.29, 0.717) is 26.4 Å². The highest BCUT2D eigenvalue weighted by Crippen LogP contribution is 2.23. The van der Waals surface area contributed by atoms with Gasteiger partial charge in [0.1, 0.15) is 50.3 Å². The van der Waals surface area contributed by atoms with Crippen LogP contribution < -0.4 is 9.64 Å². The molecule has 0 saturated carbocycles. The Labute approximate surface area is 146 Å². The largest absolute Gasteiger partial charge is 0.490 e. The highest BCUT2D eigenvalue weighted by Gasteiger charge is 2.27. The fourth-order valence-corrected chi connectivity index (χ4v) is 3.34. The second kappa shape index (κ2) is 9.59. The molecule has 1 unspecified atom stereocenters. The fourth-order valence-electron chi connectivity index (χ4n) is 2.94. The molecule has 1 heterocycles. The van der Waals surface area contributed by atoms with Crippen molar-refractivity contribution in [2.75, 3.05) is 39.5 Å². The maximum Gasteiger partial charge on any atom is 0.133 e. The van der Waals surface area contributed by atoms with E-state index in [1.807, 2.05) is 24.3 Å². The molecule has 1 aliphatic heterocycles. The Kier molecular flexibility index (Phi) is 7.79. The number of hydrogen-bond donors (Lipinski definition) is 2. The predicted octanol–water partition coefficient (Wildman–Crippen LogP) is 0.898. The van der Waals surface area contributed by atoms with Gasteiger partial charge in [0.2, 0.25) is 0 Å². The van der Waals surface area contributed by atoms with Crippen molar-refractivity contribution in [2.45, 2.75) is 32.2 Å². The number of hydrogen-bond acceptors (Lipinski definition) is 4. The van der Waals surface area contributed by atoms with Crippen molar-refractivity contribution in [1.82, 2.24) is 0 Å². The topological polar surface area (TPSA) is 52.4 Å². The molecule has 0 amide bonds. The van der Waals surface area contributed by atoms with E-state index >= 15 is 0 Å². The van der Waals surface area contributed by atoms with Crippen LogP contribution in [0.1, 0.15) is 13.8 Å². The van der Waals surface area contributed by atoms with Crippen LogP contribution in [0.15, 0.2) is 28.7 Å². The summed E-state index contributed by atoms with van der Waals surface area (Å²) in [6.45, 7) is 8.00. The summed E-state index contributed by atoms with van der Waals surface area (Å²) in [5.41, 5.74) is 0. The maximum atomic E-state index is 10.1. The van der Waals surface area contributed by atoms with Crippen LogP contribution in [0.25, 0.3) is 0 Å². The number of aliphatic hydroxyl groups excluding tert-OH is 1. The van der Waals surface area contributed by atoms with Crippen molar-refractivity contribution < 1.29 is 24.2 Å². The zero-order valence-electron chi connectivity index (χ0n) is 13.8. The van der Waals surface area contributed by atoms with E-state index in [4.69, 9.17) is 14.2 Å². The lowest BCUT2D eigenvalue weighted by Gasteiger charge is -2.33. The summed E-state index contributed by atoms with van der Waals surface area (Å²) in [6, 6.07) is 7.72. The van der Waals surface area contributed by atoms with Gasteiger partial charge in [0.15, 0.2) is 0 Å². The van der Waals surface area contributed by atoms with Gasteiger partial charge in [-0.05, 0) is 41.9 Å². The van der Waals surface area contributed by atoms with Crippen LogP contribution in [-0.2, 0) is 9.47 Å². The first-order valence-electron chi connectivity index (χ1n) is 8.16. The van der Waals surface area contributed by atoms with E-state index in [1.165, 1.54) is 4.90 Å². The Morgan fingerprint density at radius 3 is 2.65 bits per heavy atom. The molecule has 1 saturated heterocycles. The van der Waals surface area contributed by atoms with Crippen molar-refractivity contribution in [3.05, 3.63) is 28.7 Å². The molecule has 130 valence electrons. The summed E-state index contributed by atoms with van der Waals surface area (Å²) in [4.78, 5) is 1.37. The first kappa shape index (κ1) is 18.7. The number of benzene rings is 1. The molecule has 0 bridgehead atoms. The standard InChI is InChI=1S/C17H26BrNO4/c1-13-9-19(10-14(2)23-13)11-15(20)12-21-7-8-22-17-6-4-3-5-16(17)18/h3-6,13-15,20H,7-12H2,1-2H3/p+1/t13-,14+,15-/m0/s1. The normalized spacial score (nSPS) is 26.0. The van der Waals surface area contributed by atoms with E-state index < -0.39 is 6.10 Å². The van der Waals surface area contributed by atoms with Gasteiger partial charge >= 0.3 is 0 Å². The molecule has 1 aliphatic rings. The molecule has 1 fully saturated rings. The van der Waals surface area contributed by atoms with E-state index in [1.54, 1.807) is 0 Å². The van der Waals surface area contributed by atoms with Crippen molar-refractivity contribution in [3.8, 4) is 5.75 Å². The van der Waals surface area contributed by atoms with Crippen LogP contribution >= 0.6 is 15.9 Å². The van der Waals surface area contributed by atoms with Gasteiger partial charge in [0.05, 0.1) is 17.7 Å².